The molecule has 0 aliphatic heterocycles. The van der Waals surface area contributed by atoms with Crippen molar-refractivity contribution < 1.29 is 4.79 Å². The average molecular weight is 343 g/mol. The molecule has 0 aromatic heterocycles. The van der Waals surface area contributed by atoms with Crippen LogP contribution in [0.25, 0.3) is 0 Å². The fourth-order valence-electron chi connectivity index (χ4n) is 2.57. The minimum Gasteiger partial charge on any atom is -0.368 e. The first-order valence-corrected chi connectivity index (χ1v) is 8.52. The van der Waals surface area contributed by atoms with Crippen molar-refractivity contribution in [3.05, 3.63) is 34.3 Å². The standard InChI is InChI=1S/C14H19BrN2OS/c1-19-12-6-5-11(8-12)17-13(14(16)18)9-3-2-4-10(15)7-9/h2-4,7,11-13,17H,5-6,8H2,1H3,(H2,16,18)/t11-,12+,13+/m0/s1. The Hall–Kier alpha value is -0.520. The second kappa shape index (κ2) is 6.77. The van der Waals surface area contributed by atoms with Crippen molar-refractivity contribution in [1.82, 2.24) is 5.32 Å². The molecule has 19 heavy (non-hydrogen) atoms. The maximum atomic E-state index is 11.7. The third-order valence-corrected chi connectivity index (χ3v) is 5.17. The van der Waals surface area contributed by atoms with Gasteiger partial charge in [-0.1, -0.05) is 28.1 Å². The molecule has 0 saturated heterocycles. The minimum atomic E-state index is -0.400. The molecule has 1 aliphatic carbocycles. The molecule has 1 aliphatic rings. The number of primary amides is 1. The van der Waals surface area contributed by atoms with Crippen LogP contribution >= 0.6 is 27.7 Å². The Kier molecular flexibility index (Phi) is 5.30. The minimum absolute atomic E-state index is 0.314. The SMILES string of the molecule is CS[C@@H]1CC[C@H](N[C@@H](C(N)=O)c2cccc(Br)c2)C1. The first kappa shape index (κ1) is 14.9. The molecule has 0 spiro atoms. The van der Waals surface area contributed by atoms with Crippen LogP contribution in [0.15, 0.2) is 28.7 Å². The molecule has 0 bridgehead atoms. The lowest BCUT2D eigenvalue weighted by Gasteiger charge is -2.21. The number of nitrogens with one attached hydrogen (secondary N) is 1. The van der Waals surface area contributed by atoms with E-state index in [4.69, 9.17) is 5.73 Å². The number of hydrogen-bond donors (Lipinski definition) is 2. The van der Waals surface area contributed by atoms with Gasteiger partial charge in [-0.2, -0.15) is 11.8 Å². The quantitative estimate of drug-likeness (QED) is 0.864. The number of amides is 1. The Morgan fingerprint density at radius 1 is 1.53 bits per heavy atom. The van der Waals surface area contributed by atoms with Crippen LogP contribution < -0.4 is 11.1 Å². The lowest BCUT2D eigenvalue weighted by molar-refractivity contribution is -0.120. The average Bonchev–Trinajstić information content (AvgIpc) is 2.83. The number of benzene rings is 1. The summed E-state index contributed by atoms with van der Waals surface area (Å²) < 4.78 is 0.964. The number of carbonyl (C=O) groups excluding carboxylic acids is 1. The lowest BCUT2D eigenvalue weighted by atomic mass is 10.0. The van der Waals surface area contributed by atoms with Crippen LogP contribution in [0, 0.1) is 0 Å². The Morgan fingerprint density at radius 3 is 2.89 bits per heavy atom. The molecule has 1 amide bonds. The molecule has 104 valence electrons. The summed E-state index contributed by atoms with van der Waals surface area (Å²) in [5.74, 6) is -0.314. The van der Waals surface area contributed by atoms with Crippen molar-refractivity contribution in [2.75, 3.05) is 6.26 Å². The molecule has 3 atom stereocenters. The van der Waals surface area contributed by atoms with Crippen molar-refractivity contribution >= 4 is 33.6 Å². The molecule has 3 N–H and O–H groups in total. The summed E-state index contributed by atoms with van der Waals surface area (Å²) >= 11 is 5.34. The van der Waals surface area contributed by atoms with Gasteiger partial charge in [-0.15, -0.1) is 0 Å². The van der Waals surface area contributed by atoms with Crippen molar-refractivity contribution in [3.63, 3.8) is 0 Å². The largest absolute Gasteiger partial charge is 0.368 e. The van der Waals surface area contributed by atoms with Crippen LogP contribution in [0.2, 0.25) is 0 Å². The highest BCUT2D eigenvalue weighted by Crippen LogP contribution is 2.30. The van der Waals surface area contributed by atoms with Gasteiger partial charge < -0.3 is 5.73 Å². The Bertz CT molecular complexity index is 455. The molecule has 0 heterocycles. The second-order valence-electron chi connectivity index (χ2n) is 4.92. The smallest absolute Gasteiger partial charge is 0.239 e. The fraction of sp³-hybridized carbons (Fsp3) is 0.500. The second-order valence-corrected chi connectivity index (χ2v) is 6.98. The zero-order valence-electron chi connectivity index (χ0n) is 10.9. The van der Waals surface area contributed by atoms with E-state index in [-0.39, 0.29) is 5.91 Å². The van der Waals surface area contributed by atoms with E-state index < -0.39 is 6.04 Å². The van der Waals surface area contributed by atoms with Crippen LogP contribution in [0.3, 0.4) is 0 Å². The fourth-order valence-corrected chi connectivity index (χ4v) is 3.78. The maximum Gasteiger partial charge on any atom is 0.239 e. The first-order chi connectivity index (χ1) is 9.10. The molecule has 0 radical (unpaired) electrons. The van der Waals surface area contributed by atoms with Crippen LogP contribution in [-0.4, -0.2) is 23.5 Å². The van der Waals surface area contributed by atoms with Gasteiger partial charge in [0.25, 0.3) is 0 Å². The van der Waals surface area contributed by atoms with Gasteiger partial charge in [0.05, 0.1) is 0 Å². The number of halogens is 1. The third kappa shape index (κ3) is 3.97. The van der Waals surface area contributed by atoms with Crippen molar-refractivity contribution in [2.45, 2.75) is 36.6 Å². The zero-order chi connectivity index (χ0) is 13.8. The van der Waals surface area contributed by atoms with E-state index in [1.807, 2.05) is 36.0 Å². The van der Waals surface area contributed by atoms with Crippen LogP contribution in [0.5, 0.6) is 0 Å². The van der Waals surface area contributed by atoms with Crippen molar-refractivity contribution in [2.24, 2.45) is 5.73 Å². The van der Waals surface area contributed by atoms with Gasteiger partial charge in [-0.05, 0) is 43.2 Å². The van der Waals surface area contributed by atoms with Gasteiger partial charge >= 0.3 is 0 Å². The van der Waals surface area contributed by atoms with E-state index in [1.54, 1.807) is 0 Å². The molecule has 0 unspecified atom stereocenters. The summed E-state index contributed by atoms with van der Waals surface area (Å²) in [5.41, 5.74) is 6.47. The highest BCUT2D eigenvalue weighted by atomic mass is 79.9. The van der Waals surface area contributed by atoms with E-state index in [0.717, 1.165) is 22.9 Å². The maximum absolute atomic E-state index is 11.7. The molecule has 1 fully saturated rings. The Morgan fingerprint density at radius 2 is 2.32 bits per heavy atom. The van der Waals surface area contributed by atoms with Crippen molar-refractivity contribution in [1.29, 1.82) is 0 Å². The summed E-state index contributed by atoms with van der Waals surface area (Å²) in [4.78, 5) is 11.7. The number of nitrogens with two attached hydrogens (primary N) is 1. The highest BCUT2D eigenvalue weighted by Gasteiger charge is 2.28. The normalized spacial score (nSPS) is 24.3. The van der Waals surface area contributed by atoms with E-state index in [1.165, 1.54) is 6.42 Å². The monoisotopic (exact) mass is 342 g/mol. The van der Waals surface area contributed by atoms with Gasteiger partial charge in [0.1, 0.15) is 6.04 Å². The van der Waals surface area contributed by atoms with Crippen LogP contribution in [-0.2, 0) is 4.79 Å². The molecule has 2 rings (SSSR count). The molecule has 5 heteroatoms. The molecule has 3 nitrogen and oxygen atoms in total. The third-order valence-electron chi connectivity index (χ3n) is 3.59. The number of rotatable bonds is 5. The van der Waals surface area contributed by atoms with Crippen LogP contribution in [0.1, 0.15) is 30.9 Å². The topological polar surface area (TPSA) is 55.1 Å². The summed E-state index contributed by atoms with van der Waals surface area (Å²) in [6.45, 7) is 0. The molecule has 1 aromatic rings. The molecule has 1 aromatic carbocycles. The Labute approximate surface area is 126 Å². The number of hydrogen-bond acceptors (Lipinski definition) is 3. The summed E-state index contributed by atoms with van der Waals surface area (Å²) in [5, 5.41) is 4.12. The van der Waals surface area contributed by atoms with E-state index in [2.05, 4.69) is 27.5 Å². The summed E-state index contributed by atoms with van der Waals surface area (Å²) in [6, 6.07) is 7.74. The highest BCUT2D eigenvalue weighted by molar-refractivity contribution is 9.10. The zero-order valence-corrected chi connectivity index (χ0v) is 13.3. The van der Waals surface area contributed by atoms with Gasteiger partial charge in [0.15, 0.2) is 0 Å². The summed E-state index contributed by atoms with van der Waals surface area (Å²) in [6.07, 6.45) is 5.58. The van der Waals surface area contributed by atoms with E-state index in [0.29, 0.717) is 11.3 Å². The molecular weight excluding hydrogens is 324 g/mol. The molecule has 1 saturated carbocycles. The van der Waals surface area contributed by atoms with Gasteiger partial charge in [0, 0.05) is 15.8 Å². The number of carbonyl (C=O) groups is 1. The van der Waals surface area contributed by atoms with Gasteiger partial charge in [-0.25, -0.2) is 0 Å². The van der Waals surface area contributed by atoms with Crippen LogP contribution in [0.4, 0.5) is 0 Å². The first-order valence-electron chi connectivity index (χ1n) is 6.43. The van der Waals surface area contributed by atoms with Crippen molar-refractivity contribution in [3.8, 4) is 0 Å². The predicted molar refractivity (Wildman–Crippen MR) is 84.2 cm³/mol. The van der Waals surface area contributed by atoms with E-state index >= 15 is 0 Å². The summed E-state index contributed by atoms with van der Waals surface area (Å²) in [7, 11) is 0. The van der Waals surface area contributed by atoms with Gasteiger partial charge in [-0.3, -0.25) is 10.1 Å². The predicted octanol–water partition coefficient (Wildman–Crippen LogP) is 2.85. The molecular formula is C14H19BrN2OS. The van der Waals surface area contributed by atoms with E-state index in [9.17, 15) is 4.79 Å². The lowest BCUT2D eigenvalue weighted by Crippen LogP contribution is -2.39. The Balaban J connectivity index is 2.07. The number of thioether (sulfide) groups is 1. The van der Waals surface area contributed by atoms with Gasteiger partial charge in [0.2, 0.25) is 5.91 Å².